The summed E-state index contributed by atoms with van der Waals surface area (Å²) in [5, 5.41) is 17.9. The molecule has 2 heterocycles. The third-order valence-corrected chi connectivity index (χ3v) is 13.1. The van der Waals surface area contributed by atoms with E-state index >= 15 is 0 Å². The van der Waals surface area contributed by atoms with Crippen molar-refractivity contribution in [1.82, 2.24) is 19.5 Å². The SMILES string of the molecule is CN(C)c1nc(Nc2ccccc2C(=O)O)nc(Nc2cc(Nc3ccc4c5c3C(=O)c3ccccc3-c5c(C(=O)c3cccc(S(=O)(=O)O)c3)c(=O)n4C)c(S(=O)(=O)O)cc2S(=O)(=O)O)n1. The van der Waals surface area contributed by atoms with Crippen LogP contribution in [0.5, 0.6) is 0 Å². The van der Waals surface area contributed by atoms with Gasteiger partial charge in [-0.25, -0.2) is 4.79 Å². The zero-order valence-corrected chi connectivity index (χ0v) is 37.0. The van der Waals surface area contributed by atoms with Gasteiger partial charge in [0.05, 0.1) is 49.9 Å². The highest BCUT2D eigenvalue weighted by atomic mass is 32.2. The lowest BCUT2D eigenvalue weighted by atomic mass is 9.80. The van der Waals surface area contributed by atoms with Gasteiger partial charge in [-0.2, -0.15) is 40.2 Å². The van der Waals surface area contributed by atoms with Crippen LogP contribution in [0, 0.1) is 0 Å². The third-order valence-electron chi connectivity index (χ3n) is 10.4. The molecule has 1 aliphatic carbocycles. The molecule has 0 saturated carbocycles. The number of carbonyl (C=O) groups is 3. The van der Waals surface area contributed by atoms with Gasteiger partial charge in [0.2, 0.25) is 17.8 Å². The van der Waals surface area contributed by atoms with Crippen LogP contribution in [0.25, 0.3) is 22.0 Å². The van der Waals surface area contributed by atoms with Crippen molar-refractivity contribution in [3.05, 3.63) is 135 Å². The normalized spacial score (nSPS) is 12.4. The first-order valence-electron chi connectivity index (χ1n) is 19.1. The number of aromatic nitrogens is 4. The minimum Gasteiger partial charge on any atom is -0.478 e. The van der Waals surface area contributed by atoms with E-state index in [-0.39, 0.29) is 67.6 Å². The van der Waals surface area contributed by atoms with Crippen LogP contribution in [0.4, 0.5) is 40.6 Å². The van der Waals surface area contributed by atoms with Gasteiger partial charge in [0.15, 0.2) is 11.6 Å². The second kappa shape index (κ2) is 16.5. The molecule has 22 nitrogen and oxygen atoms in total. The number of nitrogens with one attached hydrogen (secondary N) is 3. The summed E-state index contributed by atoms with van der Waals surface area (Å²) in [5.41, 5.74) is -3.25. The third kappa shape index (κ3) is 8.44. The van der Waals surface area contributed by atoms with Crippen LogP contribution in [0.1, 0.15) is 42.2 Å². The molecule has 25 heteroatoms. The number of carbonyl (C=O) groups excluding carboxylic acids is 2. The lowest BCUT2D eigenvalue weighted by Crippen LogP contribution is -2.29. The molecule has 0 spiro atoms. The molecular formula is C42H32N8O14S3. The highest BCUT2D eigenvalue weighted by molar-refractivity contribution is 7.87. The molecule has 7 aromatic rings. The van der Waals surface area contributed by atoms with Crippen molar-refractivity contribution in [2.24, 2.45) is 7.05 Å². The quantitative estimate of drug-likeness (QED) is 0.0596. The number of hydrogen-bond donors (Lipinski definition) is 7. The van der Waals surface area contributed by atoms with Gasteiger partial charge >= 0.3 is 5.97 Å². The van der Waals surface area contributed by atoms with E-state index in [1.54, 1.807) is 20.2 Å². The van der Waals surface area contributed by atoms with Crippen molar-refractivity contribution in [3.63, 3.8) is 0 Å². The number of carboxylic acid groups (broad SMARTS) is 1. The Morgan fingerprint density at radius 2 is 1.22 bits per heavy atom. The largest absolute Gasteiger partial charge is 0.478 e. The molecule has 2 aromatic heterocycles. The minimum atomic E-state index is -5.40. The fraction of sp³-hybridized carbons (Fsp3) is 0.0714. The van der Waals surface area contributed by atoms with Crippen LogP contribution >= 0.6 is 0 Å². The summed E-state index contributed by atoms with van der Waals surface area (Å²) in [6.07, 6.45) is 0. The number of hydrogen-bond acceptors (Lipinski definition) is 17. The first kappa shape index (κ1) is 45.6. The van der Waals surface area contributed by atoms with Gasteiger partial charge in [-0.05, 0) is 54.1 Å². The topological polar surface area (TPSA) is 335 Å². The van der Waals surface area contributed by atoms with Crippen LogP contribution in [-0.2, 0) is 37.4 Å². The standard InChI is InChI=1S/C42H32N8O14S3/c1-49(2)42-47-40(44-25-14-7-6-13-24(25)39(54)55)46-41(48-42)45-28-18-27(30(66(59,60)61)19-31(28)67(62,63)64)43-26-15-16-29-34-32(22-11-4-5-12-23(22)37(52)33(26)34)35(38(53)50(29)3)36(51)20-9-8-10-21(17-20)65(56,57)58/h4-19,43H,1-3H3,(H,54,55)(H,56,57,58)(H,59,60,61)(H,62,63,64)(H2,44,45,46,47,48). The fourth-order valence-electron chi connectivity index (χ4n) is 7.45. The fourth-order valence-corrected chi connectivity index (χ4v) is 9.36. The number of nitrogens with zero attached hydrogens (tertiary/aromatic N) is 5. The van der Waals surface area contributed by atoms with Crippen LogP contribution in [-0.4, -0.2) is 95.2 Å². The van der Waals surface area contributed by atoms with Crippen molar-refractivity contribution in [2.75, 3.05) is 34.9 Å². The summed E-state index contributed by atoms with van der Waals surface area (Å²) < 4.78 is 108. The Balaban J connectivity index is 1.34. The van der Waals surface area contributed by atoms with E-state index < -0.39 is 91.0 Å². The second-order valence-electron chi connectivity index (χ2n) is 14.9. The van der Waals surface area contributed by atoms with E-state index in [0.717, 1.165) is 22.8 Å². The number of carboxylic acids is 1. The van der Waals surface area contributed by atoms with Gasteiger partial charge in [-0.3, -0.25) is 28.0 Å². The molecule has 5 aromatic carbocycles. The molecule has 0 saturated heterocycles. The summed E-state index contributed by atoms with van der Waals surface area (Å²) in [4.78, 5) is 66.4. The summed E-state index contributed by atoms with van der Waals surface area (Å²) in [7, 11) is -11.2. The van der Waals surface area contributed by atoms with Gasteiger partial charge in [0.1, 0.15) is 9.79 Å². The number of ketones is 2. The van der Waals surface area contributed by atoms with E-state index in [2.05, 4.69) is 30.9 Å². The van der Waals surface area contributed by atoms with Gasteiger partial charge in [-0.1, -0.05) is 48.5 Å². The second-order valence-corrected chi connectivity index (χ2v) is 19.1. The first-order valence-corrected chi connectivity index (χ1v) is 23.4. The monoisotopic (exact) mass is 968 g/mol. The maximum atomic E-state index is 14.6. The van der Waals surface area contributed by atoms with Crippen molar-refractivity contribution in [3.8, 4) is 11.1 Å². The Morgan fingerprint density at radius 3 is 1.84 bits per heavy atom. The number of aromatic carboxylic acids is 1. The number of rotatable bonds is 13. The molecule has 8 rings (SSSR count). The van der Waals surface area contributed by atoms with E-state index in [9.17, 15) is 63.2 Å². The number of aryl methyl sites for hydroxylation is 1. The maximum absolute atomic E-state index is 14.6. The van der Waals surface area contributed by atoms with Crippen LogP contribution in [0.2, 0.25) is 0 Å². The molecule has 0 atom stereocenters. The average molecular weight is 969 g/mol. The van der Waals surface area contributed by atoms with Gasteiger partial charge in [-0.15, -0.1) is 0 Å². The number of pyridine rings is 1. The van der Waals surface area contributed by atoms with E-state index in [4.69, 9.17) is 0 Å². The van der Waals surface area contributed by atoms with E-state index in [1.807, 2.05) is 0 Å². The van der Waals surface area contributed by atoms with Crippen molar-refractivity contribution in [2.45, 2.75) is 14.7 Å². The molecule has 342 valence electrons. The smallest absolute Gasteiger partial charge is 0.337 e. The molecule has 0 unspecified atom stereocenters. The molecule has 0 radical (unpaired) electrons. The Morgan fingerprint density at radius 1 is 0.627 bits per heavy atom. The predicted molar refractivity (Wildman–Crippen MR) is 241 cm³/mol. The molecule has 1 aliphatic rings. The number of fused-ring (bicyclic) bond motifs is 2. The van der Waals surface area contributed by atoms with Crippen LogP contribution in [0.3, 0.4) is 0 Å². The molecule has 0 bridgehead atoms. The van der Waals surface area contributed by atoms with E-state index in [0.29, 0.717) is 6.07 Å². The summed E-state index contributed by atoms with van der Waals surface area (Å²) in [6.45, 7) is 0. The Kier molecular flexibility index (Phi) is 11.2. The van der Waals surface area contributed by atoms with Crippen LogP contribution < -0.4 is 26.4 Å². The molecular weight excluding hydrogens is 937 g/mol. The molecule has 0 amide bonds. The molecule has 7 N–H and O–H groups in total. The lowest BCUT2D eigenvalue weighted by molar-refractivity contribution is 0.0697. The molecule has 0 aliphatic heterocycles. The summed E-state index contributed by atoms with van der Waals surface area (Å²) in [6, 6.07) is 19.9. The van der Waals surface area contributed by atoms with Crippen LogP contribution in [0.15, 0.2) is 117 Å². The predicted octanol–water partition coefficient (Wildman–Crippen LogP) is 4.90. The molecule has 0 fully saturated rings. The Labute approximate surface area is 378 Å². The highest BCUT2D eigenvalue weighted by Gasteiger charge is 2.35. The van der Waals surface area contributed by atoms with Gasteiger partial charge < -0.3 is 30.5 Å². The van der Waals surface area contributed by atoms with Gasteiger partial charge in [0.25, 0.3) is 35.9 Å². The zero-order chi connectivity index (χ0) is 48.5. The average Bonchev–Trinajstić information content (AvgIpc) is 3.25. The van der Waals surface area contributed by atoms with Crippen molar-refractivity contribution in [1.29, 1.82) is 0 Å². The summed E-state index contributed by atoms with van der Waals surface area (Å²) in [5.74, 6) is -3.71. The van der Waals surface area contributed by atoms with Gasteiger partial charge in [0, 0.05) is 43.2 Å². The number of anilines is 7. The minimum absolute atomic E-state index is 0.00250. The Bertz CT molecular complexity index is 3750. The van der Waals surface area contributed by atoms with Crippen molar-refractivity contribution < 1.29 is 58.4 Å². The Hall–Kier alpha value is -7.94. The highest BCUT2D eigenvalue weighted by Crippen LogP contribution is 2.45. The lowest BCUT2D eigenvalue weighted by Gasteiger charge is -2.26. The number of benzene rings is 5. The zero-order valence-electron chi connectivity index (χ0n) is 34.6. The summed E-state index contributed by atoms with van der Waals surface area (Å²) >= 11 is 0. The molecule has 67 heavy (non-hydrogen) atoms. The van der Waals surface area contributed by atoms with E-state index in [1.165, 1.54) is 78.7 Å². The number of para-hydroxylation sites is 1. The first-order chi connectivity index (χ1) is 31.4. The maximum Gasteiger partial charge on any atom is 0.337 e. The van der Waals surface area contributed by atoms with Crippen molar-refractivity contribution >= 4 is 99.4 Å².